The largest absolute Gasteiger partial charge is 0.481 e. The molecule has 22 heavy (non-hydrogen) atoms. The van der Waals surface area contributed by atoms with Crippen LogP contribution < -0.4 is 0 Å². The van der Waals surface area contributed by atoms with Gasteiger partial charge in [-0.15, -0.1) is 0 Å². The first kappa shape index (κ1) is 15.2. The number of carboxylic acid groups (broad SMARTS) is 1. The van der Waals surface area contributed by atoms with E-state index in [1.807, 2.05) is 39.8 Å². The minimum Gasteiger partial charge on any atom is -0.481 e. The molecular formula is C17H17BrO4. The molecule has 1 N–H and O–H groups in total. The number of carbonyl (C=O) groups is 1. The van der Waals surface area contributed by atoms with Gasteiger partial charge in [0.15, 0.2) is 0 Å². The second-order valence-electron chi connectivity index (χ2n) is 6.34. The molecule has 116 valence electrons. The molecule has 0 spiro atoms. The quantitative estimate of drug-likeness (QED) is 0.683. The van der Waals surface area contributed by atoms with Gasteiger partial charge in [0.1, 0.15) is 22.7 Å². The van der Waals surface area contributed by atoms with Crippen LogP contribution in [0.4, 0.5) is 0 Å². The van der Waals surface area contributed by atoms with Crippen molar-refractivity contribution < 1.29 is 18.7 Å². The fourth-order valence-electron chi connectivity index (χ4n) is 3.11. The SMILES string of the molecule is Cc1cc2c(C(C)(C)CC(=O)O)c3oc(C)cc3c(Br)c2o1. The summed E-state index contributed by atoms with van der Waals surface area (Å²) in [5.74, 6) is 0.734. The number of aliphatic carboxylic acids is 1. The van der Waals surface area contributed by atoms with Gasteiger partial charge >= 0.3 is 5.97 Å². The fraction of sp³-hybridized carbons (Fsp3) is 0.353. The molecule has 0 aliphatic heterocycles. The third kappa shape index (κ3) is 2.24. The lowest BCUT2D eigenvalue weighted by Gasteiger charge is -2.24. The number of halogens is 1. The van der Waals surface area contributed by atoms with Crippen molar-refractivity contribution in [2.24, 2.45) is 0 Å². The molecule has 0 saturated carbocycles. The summed E-state index contributed by atoms with van der Waals surface area (Å²) < 4.78 is 12.6. The van der Waals surface area contributed by atoms with Crippen molar-refractivity contribution in [3.05, 3.63) is 33.7 Å². The molecule has 4 nitrogen and oxygen atoms in total. The van der Waals surface area contributed by atoms with Gasteiger partial charge in [-0.3, -0.25) is 4.79 Å². The molecule has 0 saturated heterocycles. The molecule has 0 bridgehead atoms. The van der Waals surface area contributed by atoms with Crippen LogP contribution in [0.2, 0.25) is 0 Å². The molecule has 0 unspecified atom stereocenters. The van der Waals surface area contributed by atoms with E-state index in [-0.39, 0.29) is 6.42 Å². The number of fused-ring (bicyclic) bond motifs is 2. The van der Waals surface area contributed by atoms with Crippen molar-refractivity contribution in [1.29, 1.82) is 0 Å². The van der Waals surface area contributed by atoms with Gasteiger partial charge in [0.25, 0.3) is 0 Å². The second kappa shape index (κ2) is 4.88. The summed E-state index contributed by atoms with van der Waals surface area (Å²) in [6.07, 6.45) is 0.0167. The molecule has 0 fully saturated rings. The Morgan fingerprint density at radius 3 is 2.27 bits per heavy atom. The van der Waals surface area contributed by atoms with E-state index in [0.29, 0.717) is 0 Å². The van der Waals surface area contributed by atoms with Crippen LogP contribution in [0.15, 0.2) is 25.4 Å². The fourth-order valence-corrected chi connectivity index (χ4v) is 3.70. The van der Waals surface area contributed by atoms with Crippen LogP contribution >= 0.6 is 15.9 Å². The lowest BCUT2D eigenvalue weighted by atomic mass is 9.79. The molecule has 0 aliphatic carbocycles. The van der Waals surface area contributed by atoms with E-state index in [1.165, 1.54) is 0 Å². The Hall–Kier alpha value is -1.75. The van der Waals surface area contributed by atoms with E-state index in [2.05, 4.69) is 15.9 Å². The van der Waals surface area contributed by atoms with Crippen LogP contribution in [0.5, 0.6) is 0 Å². The number of furan rings is 2. The summed E-state index contributed by atoms with van der Waals surface area (Å²) in [7, 11) is 0. The molecule has 2 heterocycles. The topological polar surface area (TPSA) is 63.6 Å². The average molecular weight is 365 g/mol. The van der Waals surface area contributed by atoms with E-state index >= 15 is 0 Å². The standard InChI is InChI=1S/C17H17BrO4/c1-8-5-10-13(17(3,4)7-12(19)20)15-11(6-9(2)21-15)14(18)16(10)22-8/h5-6H,7H2,1-4H3,(H,19,20). The number of rotatable bonds is 3. The van der Waals surface area contributed by atoms with Crippen molar-refractivity contribution in [3.8, 4) is 0 Å². The van der Waals surface area contributed by atoms with Crippen molar-refractivity contribution in [3.63, 3.8) is 0 Å². The Bertz CT molecular complexity index is 841. The first-order chi connectivity index (χ1) is 10.2. The van der Waals surface area contributed by atoms with Gasteiger partial charge in [0, 0.05) is 21.8 Å². The number of benzene rings is 1. The Morgan fingerprint density at radius 2 is 1.68 bits per heavy atom. The normalized spacial score (nSPS) is 12.4. The van der Waals surface area contributed by atoms with Gasteiger partial charge in [-0.25, -0.2) is 0 Å². The van der Waals surface area contributed by atoms with Crippen LogP contribution in [0.1, 0.15) is 37.4 Å². The number of hydrogen-bond acceptors (Lipinski definition) is 3. The second-order valence-corrected chi connectivity index (χ2v) is 7.14. The van der Waals surface area contributed by atoms with Gasteiger partial charge in [-0.1, -0.05) is 13.8 Å². The minimum atomic E-state index is -0.835. The van der Waals surface area contributed by atoms with Gasteiger partial charge < -0.3 is 13.9 Å². The lowest BCUT2D eigenvalue weighted by molar-refractivity contribution is -0.138. The molecule has 3 aromatic rings. The van der Waals surface area contributed by atoms with Crippen LogP contribution in [-0.2, 0) is 10.2 Å². The van der Waals surface area contributed by atoms with Gasteiger partial charge in [-0.05, 0) is 41.9 Å². The van der Waals surface area contributed by atoms with Crippen molar-refractivity contribution in [2.45, 2.75) is 39.5 Å². The predicted molar refractivity (Wildman–Crippen MR) is 88.4 cm³/mol. The summed E-state index contributed by atoms with van der Waals surface area (Å²) in [6, 6.07) is 3.88. The third-order valence-corrected chi connectivity index (χ3v) is 4.70. The Morgan fingerprint density at radius 1 is 1.14 bits per heavy atom. The van der Waals surface area contributed by atoms with E-state index in [1.54, 1.807) is 0 Å². The maximum Gasteiger partial charge on any atom is 0.304 e. The maximum atomic E-state index is 11.3. The number of aryl methyl sites for hydroxylation is 2. The first-order valence-electron chi connectivity index (χ1n) is 7.05. The minimum absolute atomic E-state index is 0.0167. The lowest BCUT2D eigenvalue weighted by Crippen LogP contribution is -2.22. The zero-order valence-corrected chi connectivity index (χ0v) is 14.5. The van der Waals surface area contributed by atoms with Crippen LogP contribution in [0.3, 0.4) is 0 Å². The summed E-state index contributed by atoms with van der Waals surface area (Å²) >= 11 is 3.59. The van der Waals surface area contributed by atoms with Crippen molar-refractivity contribution in [1.82, 2.24) is 0 Å². The van der Waals surface area contributed by atoms with E-state index in [4.69, 9.17) is 8.83 Å². The summed E-state index contributed by atoms with van der Waals surface area (Å²) in [6.45, 7) is 7.60. The van der Waals surface area contributed by atoms with E-state index in [9.17, 15) is 9.90 Å². The molecule has 0 atom stereocenters. The van der Waals surface area contributed by atoms with E-state index in [0.717, 1.165) is 43.5 Å². The van der Waals surface area contributed by atoms with Crippen LogP contribution in [0, 0.1) is 13.8 Å². The molecule has 5 heteroatoms. The smallest absolute Gasteiger partial charge is 0.304 e. The molecule has 2 aromatic heterocycles. The third-order valence-electron chi connectivity index (χ3n) is 3.91. The zero-order chi connectivity index (χ0) is 16.2. The summed E-state index contributed by atoms with van der Waals surface area (Å²) in [5, 5.41) is 11.1. The van der Waals surface area contributed by atoms with Gasteiger partial charge in [0.2, 0.25) is 0 Å². The Balaban J connectivity index is 2.47. The average Bonchev–Trinajstić information content (AvgIpc) is 2.90. The van der Waals surface area contributed by atoms with Gasteiger partial charge in [0.05, 0.1) is 10.9 Å². The molecule has 0 amide bonds. The number of hydrogen-bond donors (Lipinski definition) is 1. The predicted octanol–water partition coefficient (Wildman–Crippen LogP) is 5.31. The monoisotopic (exact) mass is 364 g/mol. The molecule has 3 rings (SSSR count). The number of carboxylic acids is 1. The summed E-state index contributed by atoms with van der Waals surface area (Å²) in [4.78, 5) is 11.3. The van der Waals surface area contributed by atoms with Crippen molar-refractivity contribution >= 4 is 43.8 Å². The Kier molecular flexibility index (Phi) is 3.36. The molecule has 1 aromatic carbocycles. The zero-order valence-electron chi connectivity index (χ0n) is 12.9. The molecule has 0 radical (unpaired) electrons. The first-order valence-corrected chi connectivity index (χ1v) is 7.84. The molecule has 0 aliphatic rings. The highest BCUT2D eigenvalue weighted by Crippen LogP contribution is 2.45. The van der Waals surface area contributed by atoms with E-state index < -0.39 is 11.4 Å². The summed E-state index contributed by atoms with van der Waals surface area (Å²) in [5.41, 5.74) is 1.76. The highest BCUT2D eigenvalue weighted by Gasteiger charge is 2.32. The Labute approximate surface area is 136 Å². The van der Waals surface area contributed by atoms with Crippen LogP contribution in [0.25, 0.3) is 21.9 Å². The van der Waals surface area contributed by atoms with Crippen molar-refractivity contribution in [2.75, 3.05) is 0 Å². The van der Waals surface area contributed by atoms with Gasteiger partial charge in [-0.2, -0.15) is 0 Å². The highest BCUT2D eigenvalue weighted by atomic mass is 79.9. The highest BCUT2D eigenvalue weighted by molar-refractivity contribution is 9.10. The van der Waals surface area contributed by atoms with Crippen LogP contribution in [-0.4, -0.2) is 11.1 Å². The maximum absolute atomic E-state index is 11.3. The molecular weight excluding hydrogens is 348 g/mol.